The first-order chi connectivity index (χ1) is 13.1. The van der Waals surface area contributed by atoms with Crippen molar-refractivity contribution in [3.63, 3.8) is 0 Å². The molecule has 1 aliphatic rings. The molecule has 0 spiro atoms. The van der Waals surface area contributed by atoms with Gasteiger partial charge in [0.05, 0.1) is 6.26 Å². The first-order valence-electron chi connectivity index (χ1n) is 8.39. The summed E-state index contributed by atoms with van der Waals surface area (Å²) in [5.74, 6) is -2.72. The molecular weight excluding hydrogens is 376 g/mol. The number of allylic oxidation sites excluding steroid dienone is 2. The highest BCUT2D eigenvalue weighted by Crippen LogP contribution is 2.30. The molecule has 1 fully saturated rings. The minimum absolute atomic E-state index is 0.317. The molecule has 0 unspecified atom stereocenters. The first-order valence-corrected chi connectivity index (χ1v) is 8.39. The van der Waals surface area contributed by atoms with Gasteiger partial charge in [0, 0.05) is 27.7 Å². The molecule has 5 atom stereocenters. The summed E-state index contributed by atoms with van der Waals surface area (Å²) in [6.45, 7) is 7.80. The Morgan fingerprint density at radius 2 is 1.39 bits per heavy atom. The van der Waals surface area contributed by atoms with E-state index >= 15 is 0 Å². The van der Waals surface area contributed by atoms with Crippen LogP contribution in [0.4, 0.5) is 0 Å². The summed E-state index contributed by atoms with van der Waals surface area (Å²) in [7, 11) is 0. The summed E-state index contributed by atoms with van der Waals surface area (Å²) in [5, 5.41) is 0. The third-order valence-electron chi connectivity index (χ3n) is 3.38. The van der Waals surface area contributed by atoms with E-state index in [9.17, 15) is 19.2 Å². The van der Waals surface area contributed by atoms with E-state index in [4.69, 9.17) is 28.4 Å². The molecule has 0 bridgehead atoms. The molecule has 0 N–H and O–H groups in total. The second kappa shape index (κ2) is 11.1. The number of hydrogen-bond acceptors (Lipinski definition) is 10. The van der Waals surface area contributed by atoms with Gasteiger partial charge in [-0.3, -0.25) is 19.2 Å². The highest BCUT2D eigenvalue weighted by Gasteiger charge is 2.53. The lowest BCUT2D eigenvalue weighted by molar-refractivity contribution is -0.297. The first kappa shape index (κ1) is 23.2. The van der Waals surface area contributed by atoms with Gasteiger partial charge in [-0.2, -0.15) is 0 Å². The van der Waals surface area contributed by atoms with Gasteiger partial charge in [-0.25, -0.2) is 0 Å². The average Bonchev–Trinajstić information content (AvgIpc) is 2.57. The molecule has 0 aliphatic carbocycles. The van der Waals surface area contributed by atoms with Crippen molar-refractivity contribution in [1.29, 1.82) is 0 Å². The van der Waals surface area contributed by atoms with E-state index in [1.807, 2.05) is 0 Å². The lowest BCUT2D eigenvalue weighted by Gasteiger charge is -2.43. The molecule has 156 valence electrons. The zero-order valence-electron chi connectivity index (χ0n) is 16.1. The summed E-state index contributed by atoms with van der Waals surface area (Å²) >= 11 is 0. The summed E-state index contributed by atoms with van der Waals surface area (Å²) in [6.07, 6.45) is -1.90. The van der Waals surface area contributed by atoms with Crippen molar-refractivity contribution in [3.8, 4) is 0 Å². The fourth-order valence-corrected chi connectivity index (χ4v) is 2.48. The van der Waals surface area contributed by atoms with Crippen LogP contribution >= 0.6 is 0 Å². The van der Waals surface area contributed by atoms with Crippen molar-refractivity contribution < 1.29 is 47.6 Å². The van der Waals surface area contributed by atoms with Crippen LogP contribution < -0.4 is 0 Å². The SMILES string of the molecule is C=C/C=C/O[C@H]1O[C@H](COC(C)=O)[C@@H](OC(C)=O)[C@H](OC(C)=O)[C@H]1OC(C)=O. The van der Waals surface area contributed by atoms with E-state index in [2.05, 4.69) is 6.58 Å². The minimum atomic E-state index is -1.26. The predicted molar refractivity (Wildman–Crippen MR) is 92.4 cm³/mol. The van der Waals surface area contributed by atoms with Gasteiger partial charge >= 0.3 is 23.9 Å². The highest BCUT2D eigenvalue weighted by molar-refractivity contribution is 5.68. The zero-order valence-corrected chi connectivity index (χ0v) is 16.1. The van der Waals surface area contributed by atoms with Gasteiger partial charge in [0.25, 0.3) is 0 Å². The van der Waals surface area contributed by atoms with Gasteiger partial charge in [0.2, 0.25) is 12.4 Å². The maximum Gasteiger partial charge on any atom is 0.303 e. The van der Waals surface area contributed by atoms with E-state index in [1.54, 1.807) is 0 Å². The molecule has 0 aromatic rings. The summed E-state index contributed by atoms with van der Waals surface area (Å²) in [5.41, 5.74) is 0. The number of carbonyl (C=O) groups excluding carboxylic acids is 4. The molecule has 10 heteroatoms. The van der Waals surface area contributed by atoms with Gasteiger partial charge in [0.1, 0.15) is 12.7 Å². The average molecular weight is 400 g/mol. The third-order valence-corrected chi connectivity index (χ3v) is 3.38. The summed E-state index contributed by atoms with van der Waals surface area (Å²) in [6, 6.07) is 0. The molecule has 1 aliphatic heterocycles. The van der Waals surface area contributed by atoms with Crippen LogP contribution in [0, 0.1) is 0 Å². The monoisotopic (exact) mass is 400 g/mol. The molecule has 0 saturated carbocycles. The molecule has 0 aromatic carbocycles. The van der Waals surface area contributed by atoms with Crippen LogP contribution in [-0.2, 0) is 47.6 Å². The maximum atomic E-state index is 11.6. The Kier molecular flexibility index (Phi) is 9.16. The highest BCUT2D eigenvalue weighted by atomic mass is 16.7. The molecule has 28 heavy (non-hydrogen) atoms. The molecule has 1 saturated heterocycles. The van der Waals surface area contributed by atoms with Gasteiger partial charge in [0.15, 0.2) is 12.2 Å². The fourth-order valence-electron chi connectivity index (χ4n) is 2.48. The Labute approximate surface area is 162 Å². The van der Waals surface area contributed by atoms with E-state index in [0.717, 1.165) is 20.8 Å². The van der Waals surface area contributed by atoms with E-state index in [0.29, 0.717) is 0 Å². The number of rotatable bonds is 8. The van der Waals surface area contributed by atoms with E-state index in [-0.39, 0.29) is 6.61 Å². The zero-order chi connectivity index (χ0) is 21.3. The molecular formula is C18H24O10. The predicted octanol–water partition coefficient (Wildman–Crippen LogP) is 0.786. The van der Waals surface area contributed by atoms with Crippen LogP contribution in [0.15, 0.2) is 25.0 Å². The Hall–Kier alpha value is -2.88. The lowest BCUT2D eigenvalue weighted by Crippen LogP contribution is -2.62. The molecule has 0 radical (unpaired) electrons. The third kappa shape index (κ3) is 7.39. The number of esters is 4. The van der Waals surface area contributed by atoms with Crippen LogP contribution in [0.25, 0.3) is 0 Å². The van der Waals surface area contributed by atoms with Crippen molar-refractivity contribution in [3.05, 3.63) is 25.0 Å². The van der Waals surface area contributed by atoms with Crippen molar-refractivity contribution in [2.45, 2.75) is 58.4 Å². The molecule has 1 rings (SSSR count). The summed E-state index contributed by atoms with van der Waals surface area (Å²) in [4.78, 5) is 45.9. The number of ether oxygens (including phenoxy) is 6. The molecule has 10 nitrogen and oxygen atoms in total. The molecule has 0 aromatic heterocycles. The smallest absolute Gasteiger partial charge is 0.303 e. The summed E-state index contributed by atoms with van der Waals surface area (Å²) < 4.78 is 31.7. The van der Waals surface area contributed by atoms with Gasteiger partial charge in [-0.1, -0.05) is 12.7 Å². The molecule has 0 amide bonds. The number of hydrogen-bond donors (Lipinski definition) is 0. The van der Waals surface area contributed by atoms with Crippen LogP contribution in [0.3, 0.4) is 0 Å². The number of carbonyl (C=O) groups is 4. The van der Waals surface area contributed by atoms with Crippen LogP contribution in [0.1, 0.15) is 27.7 Å². The second-order valence-corrected chi connectivity index (χ2v) is 5.77. The Balaban J connectivity index is 3.28. The maximum absolute atomic E-state index is 11.6. The standard InChI is InChI=1S/C18H24O10/c1-6-7-8-23-18-17(27-13(5)22)16(26-12(4)21)15(25-11(3)20)14(28-18)9-24-10(2)19/h6-8,14-18H,1,9H2,2-5H3/b8-7+/t14-,15-,16+,17-,18+/m1/s1. The van der Waals surface area contributed by atoms with E-state index < -0.39 is 54.6 Å². The van der Waals surface area contributed by atoms with Crippen molar-refractivity contribution >= 4 is 23.9 Å². The van der Waals surface area contributed by atoms with Crippen LogP contribution in [0.2, 0.25) is 0 Å². The Morgan fingerprint density at radius 1 is 0.857 bits per heavy atom. The van der Waals surface area contributed by atoms with Crippen LogP contribution in [-0.4, -0.2) is 61.2 Å². The lowest BCUT2D eigenvalue weighted by atomic mass is 9.98. The fraction of sp³-hybridized carbons (Fsp3) is 0.556. The van der Waals surface area contributed by atoms with Crippen LogP contribution in [0.5, 0.6) is 0 Å². The quantitative estimate of drug-likeness (QED) is 0.250. The van der Waals surface area contributed by atoms with Crippen molar-refractivity contribution in [2.75, 3.05) is 6.61 Å². The Morgan fingerprint density at radius 3 is 1.89 bits per heavy atom. The second-order valence-electron chi connectivity index (χ2n) is 5.77. The van der Waals surface area contributed by atoms with Crippen molar-refractivity contribution in [1.82, 2.24) is 0 Å². The van der Waals surface area contributed by atoms with Crippen molar-refractivity contribution in [2.24, 2.45) is 0 Å². The molecule has 1 heterocycles. The van der Waals surface area contributed by atoms with Gasteiger partial charge < -0.3 is 28.4 Å². The van der Waals surface area contributed by atoms with E-state index in [1.165, 1.54) is 25.3 Å². The Bertz CT molecular complexity index is 626. The van der Waals surface area contributed by atoms with Gasteiger partial charge in [-0.05, 0) is 6.08 Å². The normalized spacial score (nSPS) is 26.8. The minimum Gasteiger partial charge on any atom is -0.468 e. The largest absolute Gasteiger partial charge is 0.468 e. The van der Waals surface area contributed by atoms with Gasteiger partial charge in [-0.15, -0.1) is 0 Å². The topological polar surface area (TPSA) is 124 Å².